The lowest BCUT2D eigenvalue weighted by Gasteiger charge is -2.25. The van der Waals surface area contributed by atoms with Gasteiger partial charge in [-0.05, 0) is 48.2 Å². The number of aromatic nitrogens is 3. The molecule has 0 spiro atoms. The quantitative estimate of drug-likeness (QED) is 0.695. The molecule has 1 atom stereocenters. The number of rotatable bonds is 6. The maximum atomic E-state index is 13.1. The smallest absolute Gasteiger partial charge is 0.227 e. The van der Waals surface area contributed by atoms with Crippen LogP contribution in [-0.2, 0) is 11.2 Å². The van der Waals surface area contributed by atoms with E-state index in [2.05, 4.69) is 15.2 Å². The summed E-state index contributed by atoms with van der Waals surface area (Å²) in [6.45, 7) is 0.742. The van der Waals surface area contributed by atoms with E-state index in [0.29, 0.717) is 17.9 Å². The monoisotopic (exact) mass is 392 g/mol. The highest BCUT2D eigenvalue weighted by atomic mass is 16.5. The number of carbonyl (C=O) groups excluding carboxylic acids is 1. The van der Waals surface area contributed by atoms with Gasteiger partial charge in [0.1, 0.15) is 0 Å². The molecule has 4 rings (SSSR count). The third-order valence-corrected chi connectivity index (χ3v) is 5.37. The Hall–Kier alpha value is -3.35. The second-order valence-corrected chi connectivity index (χ2v) is 7.04. The number of pyridine rings is 1. The van der Waals surface area contributed by atoms with Gasteiger partial charge in [0.25, 0.3) is 0 Å². The van der Waals surface area contributed by atoms with Gasteiger partial charge in [-0.3, -0.25) is 14.9 Å². The SMILES string of the molecule is COc1ccc(CC(=O)N2CCC[C@@H]2c2[nH]ncc2-c2ccncc2)cc1OC. The number of carbonyl (C=O) groups is 1. The third-order valence-electron chi connectivity index (χ3n) is 5.37. The molecule has 150 valence electrons. The molecule has 1 N–H and O–H groups in total. The molecule has 0 saturated carbocycles. The summed E-state index contributed by atoms with van der Waals surface area (Å²) in [5.41, 5.74) is 3.94. The number of nitrogens with zero attached hydrogens (tertiary/aromatic N) is 3. The largest absolute Gasteiger partial charge is 0.493 e. The van der Waals surface area contributed by atoms with Gasteiger partial charge in [0.15, 0.2) is 11.5 Å². The maximum Gasteiger partial charge on any atom is 0.227 e. The van der Waals surface area contributed by atoms with Crippen molar-refractivity contribution < 1.29 is 14.3 Å². The van der Waals surface area contributed by atoms with E-state index in [-0.39, 0.29) is 11.9 Å². The van der Waals surface area contributed by atoms with Gasteiger partial charge in [0, 0.05) is 24.5 Å². The number of hydrogen-bond donors (Lipinski definition) is 1. The van der Waals surface area contributed by atoms with Crippen LogP contribution in [0, 0.1) is 0 Å². The van der Waals surface area contributed by atoms with E-state index in [9.17, 15) is 4.79 Å². The minimum atomic E-state index is -0.00620. The Bertz CT molecular complexity index is 987. The average Bonchev–Trinajstić information content (AvgIpc) is 3.43. The molecule has 7 nitrogen and oxygen atoms in total. The van der Waals surface area contributed by atoms with Gasteiger partial charge in [-0.2, -0.15) is 5.10 Å². The van der Waals surface area contributed by atoms with Crippen LogP contribution < -0.4 is 9.47 Å². The lowest BCUT2D eigenvalue weighted by molar-refractivity contribution is -0.131. The molecule has 0 radical (unpaired) electrons. The van der Waals surface area contributed by atoms with E-state index in [1.807, 2.05) is 41.4 Å². The Morgan fingerprint density at radius 1 is 1.17 bits per heavy atom. The van der Waals surface area contributed by atoms with Crippen LogP contribution in [0.3, 0.4) is 0 Å². The Morgan fingerprint density at radius 2 is 1.97 bits per heavy atom. The fourth-order valence-corrected chi connectivity index (χ4v) is 3.94. The summed E-state index contributed by atoms with van der Waals surface area (Å²) in [6, 6.07) is 9.51. The van der Waals surface area contributed by atoms with Gasteiger partial charge in [0.05, 0.1) is 38.6 Å². The Kier molecular flexibility index (Phi) is 5.46. The number of H-pyrrole nitrogens is 1. The number of amides is 1. The highest BCUT2D eigenvalue weighted by molar-refractivity contribution is 5.80. The topological polar surface area (TPSA) is 80.3 Å². The number of hydrogen-bond acceptors (Lipinski definition) is 5. The van der Waals surface area contributed by atoms with E-state index in [4.69, 9.17) is 9.47 Å². The summed E-state index contributed by atoms with van der Waals surface area (Å²) < 4.78 is 10.6. The maximum absolute atomic E-state index is 13.1. The second-order valence-electron chi connectivity index (χ2n) is 7.04. The van der Waals surface area contributed by atoms with Crippen molar-refractivity contribution in [2.45, 2.75) is 25.3 Å². The molecule has 2 aromatic heterocycles. The average molecular weight is 392 g/mol. The molecular weight excluding hydrogens is 368 g/mol. The van der Waals surface area contributed by atoms with Crippen molar-refractivity contribution in [3.8, 4) is 22.6 Å². The molecule has 1 aliphatic heterocycles. The highest BCUT2D eigenvalue weighted by Gasteiger charge is 2.32. The predicted molar refractivity (Wildman–Crippen MR) is 109 cm³/mol. The van der Waals surface area contributed by atoms with E-state index in [1.54, 1.807) is 26.6 Å². The molecule has 0 unspecified atom stereocenters. The van der Waals surface area contributed by atoms with Gasteiger partial charge >= 0.3 is 0 Å². The number of aromatic amines is 1. The molecule has 3 aromatic rings. The summed E-state index contributed by atoms with van der Waals surface area (Å²) in [5, 5.41) is 7.38. The molecule has 1 fully saturated rings. The molecule has 1 aliphatic rings. The van der Waals surface area contributed by atoms with Crippen LogP contribution in [0.4, 0.5) is 0 Å². The van der Waals surface area contributed by atoms with Crippen LogP contribution in [0.25, 0.3) is 11.1 Å². The van der Waals surface area contributed by atoms with E-state index in [0.717, 1.165) is 41.8 Å². The van der Waals surface area contributed by atoms with E-state index in [1.165, 1.54) is 0 Å². The first-order chi connectivity index (χ1) is 14.2. The molecule has 0 bridgehead atoms. The first-order valence-electron chi connectivity index (χ1n) is 9.65. The molecule has 7 heteroatoms. The summed E-state index contributed by atoms with van der Waals surface area (Å²) >= 11 is 0. The van der Waals surface area contributed by atoms with Crippen LogP contribution in [0.5, 0.6) is 11.5 Å². The van der Waals surface area contributed by atoms with Gasteiger partial charge < -0.3 is 14.4 Å². The highest BCUT2D eigenvalue weighted by Crippen LogP contribution is 2.37. The predicted octanol–water partition coefficient (Wildman–Crippen LogP) is 3.40. The Balaban J connectivity index is 1.55. The fraction of sp³-hybridized carbons (Fsp3) is 0.318. The fourth-order valence-electron chi connectivity index (χ4n) is 3.94. The number of benzene rings is 1. The van der Waals surface area contributed by atoms with E-state index < -0.39 is 0 Å². The molecule has 1 amide bonds. The van der Waals surface area contributed by atoms with Crippen molar-refractivity contribution in [3.63, 3.8) is 0 Å². The molecule has 1 saturated heterocycles. The Labute approximate surface area is 169 Å². The molecular formula is C22H24N4O3. The van der Waals surface area contributed by atoms with Crippen molar-refractivity contribution in [3.05, 3.63) is 60.2 Å². The summed E-state index contributed by atoms with van der Waals surface area (Å²) in [7, 11) is 3.20. The van der Waals surface area contributed by atoms with Crippen molar-refractivity contribution >= 4 is 5.91 Å². The first kappa shape index (κ1) is 19.0. The lowest BCUT2D eigenvalue weighted by atomic mass is 10.0. The van der Waals surface area contributed by atoms with Crippen molar-refractivity contribution in [2.24, 2.45) is 0 Å². The first-order valence-corrected chi connectivity index (χ1v) is 9.65. The molecule has 1 aromatic carbocycles. The summed E-state index contributed by atoms with van der Waals surface area (Å²) in [6.07, 6.45) is 7.55. The van der Waals surface area contributed by atoms with Crippen molar-refractivity contribution in [1.82, 2.24) is 20.1 Å². The van der Waals surface area contributed by atoms with Crippen LogP contribution in [-0.4, -0.2) is 46.8 Å². The Morgan fingerprint density at radius 3 is 2.72 bits per heavy atom. The van der Waals surface area contributed by atoms with Gasteiger partial charge in [-0.15, -0.1) is 0 Å². The zero-order chi connectivity index (χ0) is 20.2. The molecule has 29 heavy (non-hydrogen) atoms. The second kappa shape index (κ2) is 8.34. The number of nitrogens with one attached hydrogen (secondary N) is 1. The van der Waals surface area contributed by atoms with Crippen LogP contribution in [0.2, 0.25) is 0 Å². The zero-order valence-corrected chi connectivity index (χ0v) is 16.6. The number of likely N-dealkylation sites (tertiary alicyclic amines) is 1. The minimum Gasteiger partial charge on any atom is -0.493 e. The van der Waals surface area contributed by atoms with Crippen molar-refractivity contribution in [2.75, 3.05) is 20.8 Å². The van der Waals surface area contributed by atoms with Gasteiger partial charge in [-0.25, -0.2) is 0 Å². The van der Waals surface area contributed by atoms with Crippen LogP contribution in [0.15, 0.2) is 48.9 Å². The van der Waals surface area contributed by atoms with Crippen LogP contribution >= 0.6 is 0 Å². The van der Waals surface area contributed by atoms with E-state index >= 15 is 0 Å². The summed E-state index contributed by atoms with van der Waals surface area (Å²) in [5.74, 6) is 1.38. The van der Waals surface area contributed by atoms with Crippen molar-refractivity contribution in [1.29, 1.82) is 0 Å². The third kappa shape index (κ3) is 3.81. The molecule has 3 heterocycles. The van der Waals surface area contributed by atoms with Gasteiger partial charge in [-0.1, -0.05) is 6.07 Å². The standard InChI is InChI=1S/C22H24N4O3/c1-28-19-6-5-15(12-20(19)29-2)13-21(27)26-11-3-4-18(26)22-17(14-24-25-22)16-7-9-23-10-8-16/h5-10,12,14,18H,3-4,11,13H2,1-2H3,(H,24,25)/t18-/m1/s1. The number of ether oxygens (including phenoxy) is 2. The lowest BCUT2D eigenvalue weighted by Crippen LogP contribution is -2.32. The zero-order valence-electron chi connectivity index (χ0n) is 16.6. The normalized spacial score (nSPS) is 16.1. The minimum absolute atomic E-state index is 0.00620. The number of methoxy groups -OCH3 is 2. The summed E-state index contributed by atoms with van der Waals surface area (Å²) in [4.78, 5) is 19.2. The molecule has 0 aliphatic carbocycles. The van der Waals surface area contributed by atoms with Crippen LogP contribution in [0.1, 0.15) is 30.1 Å². The van der Waals surface area contributed by atoms with Gasteiger partial charge in [0.2, 0.25) is 5.91 Å².